The van der Waals surface area contributed by atoms with Crippen molar-refractivity contribution in [2.75, 3.05) is 19.6 Å². The molecule has 4 N–H and O–H groups in total. The highest BCUT2D eigenvalue weighted by molar-refractivity contribution is 5.78. The third-order valence-corrected chi connectivity index (χ3v) is 2.94. The Morgan fingerprint density at radius 3 is 2.53 bits per heavy atom. The van der Waals surface area contributed by atoms with E-state index in [0.717, 1.165) is 0 Å². The van der Waals surface area contributed by atoms with Crippen LogP contribution in [-0.4, -0.2) is 47.5 Å². The van der Waals surface area contributed by atoms with Crippen LogP contribution in [0.25, 0.3) is 0 Å². The summed E-state index contributed by atoms with van der Waals surface area (Å²) in [4.78, 5) is 34.1. The first-order chi connectivity index (χ1) is 7.91. The van der Waals surface area contributed by atoms with E-state index in [1.54, 1.807) is 6.92 Å². The summed E-state index contributed by atoms with van der Waals surface area (Å²) in [6.45, 7) is 2.73. The normalized spacial score (nSPS) is 17.1. The Hall–Kier alpha value is -1.79. The molecule has 17 heavy (non-hydrogen) atoms. The highest BCUT2D eigenvalue weighted by Crippen LogP contribution is 2.23. The largest absolute Gasteiger partial charge is 0.481 e. The maximum absolute atomic E-state index is 11.5. The topological polar surface area (TPSA) is 113 Å². The van der Waals surface area contributed by atoms with Crippen molar-refractivity contribution in [3.05, 3.63) is 0 Å². The van der Waals surface area contributed by atoms with E-state index in [2.05, 4.69) is 5.32 Å². The van der Waals surface area contributed by atoms with Gasteiger partial charge in [-0.25, -0.2) is 4.79 Å². The van der Waals surface area contributed by atoms with Gasteiger partial charge in [-0.3, -0.25) is 9.59 Å². The van der Waals surface area contributed by atoms with Crippen molar-refractivity contribution in [2.45, 2.75) is 13.3 Å². The second kappa shape index (κ2) is 5.51. The van der Waals surface area contributed by atoms with Crippen LogP contribution in [0.15, 0.2) is 0 Å². The minimum absolute atomic E-state index is 0.00869. The Labute approximate surface area is 98.9 Å². The van der Waals surface area contributed by atoms with Gasteiger partial charge >= 0.3 is 12.0 Å². The van der Waals surface area contributed by atoms with Crippen molar-refractivity contribution in [1.82, 2.24) is 10.2 Å². The first-order valence-electron chi connectivity index (χ1n) is 5.45. The Balaban J connectivity index is 2.21. The molecular weight excluding hydrogens is 226 g/mol. The molecule has 1 aliphatic rings. The van der Waals surface area contributed by atoms with E-state index in [9.17, 15) is 14.4 Å². The van der Waals surface area contributed by atoms with Gasteiger partial charge in [0.15, 0.2) is 0 Å². The number of nitrogens with one attached hydrogen (secondary N) is 1. The fraction of sp³-hybridized carbons (Fsp3) is 0.700. The molecule has 3 amide bonds. The highest BCUT2D eigenvalue weighted by Gasteiger charge is 2.36. The van der Waals surface area contributed by atoms with Crippen LogP contribution in [0.3, 0.4) is 0 Å². The zero-order valence-corrected chi connectivity index (χ0v) is 9.68. The Morgan fingerprint density at radius 1 is 1.47 bits per heavy atom. The van der Waals surface area contributed by atoms with Gasteiger partial charge in [0.2, 0.25) is 5.91 Å². The number of carboxylic acid groups (broad SMARTS) is 1. The molecule has 1 aliphatic heterocycles. The summed E-state index contributed by atoms with van der Waals surface area (Å²) in [6.07, 6.45) is 0.106. The molecule has 1 fully saturated rings. The van der Waals surface area contributed by atoms with Crippen LogP contribution in [0, 0.1) is 11.8 Å². The minimum Gasteiger partial charge on any atom is -0.481 e. The standard InChI is InChI=1S/C10H17N3O4/c1-6(9(15)16)7-4-13(5-7)10(17)12-3-2-8(11)14/h6-7H,2-5H2,1H3,(H2,11,14)(H,12,17)(H,15,16). The third-order valence-electron chi connectivity index (χ3n) is 2.94. The molecule has 0 bridgehead atoms. The lowest BCUT2D eigenvalue weighted by Crippen LogP contribution is -2.56. The van der Waals surface area contributed by atoms with Crippen molar-refractivity contribution in [1.29, 1.82) is 0 Å². The van der Waals surface area contributed by atoms with E-state index in [1.807, 2.05) is 0 Å². The number of hydrogen-bond donors (Lipinski definition) is 3. The lowest BCUT2D eigenvalue weighted by atomic mass is 9.87. The number of rotatable bonds is 5. The number of aliphatic carboxylic acids is 1. The fourth-order valence-electron chi connectivity index (χ4n) is 1.60. The summed E-state index contributed by atoms with van der Waals surface area (Å²) >= 11 is 0. The van der Waals surface area contributed by atoms with Crippen molar-refractivity contribution < 1.29 is 19.5 Å². The second-order valence-electron chi connectivity index (χ2n) is 4.24. The molecule has 96 valence electrons. The molecule has 1 unspecified atom stereocenters. The van der Waals surface area contributed by atoms with Crippen molar-refractivity contribution in [3.63, 3.8) is 0 Å². The van der Waals surface area contributed by atoms with Gasteiger partial charge in [0.1, 0.15) is 0 Å². The number of carbonyl (C=O) groups is 3. The zero-order valence-electron chi connectivity index (χ0n) is 9.68. The molecule has 1 rings (SSSR count). The average molecular weight is 243 g/mol. The van der Waals surface area contributed by atoms with Crippen LogP contribution in [0.4, 0.5) is 4.79 Å². The van der Waals surface area contributed by atoms with Crippen LogP contribution in [-0.2, 0) is 9.59 Å². The predicted octanol–water partition coefficient (Wildman–Crippen LogP) is -0.776. The van der Waals surface area contributed by atoms with Gasteiger partial charge in [-0.05, 0) is 0 Å². The maximum Gasteiger partial charge on any atom is 0.317 e. The molecule has 0 aromatic heterocycles. The van der Waals surface area contributed by atoms with E-state index in [4.69, 9.17) is 10.8 Å². The fourth-order valence-corrected chi connectivity index (χ4v) is 1.60. The smallest absolute Gasteiger partial charge is 0.317 e. The molecule has 1 heterocycles. The first-order valence-corrected chi connectivity index (χ1v) is 5.45. The van der Waals surface area contributed by atoms with Gasteiger partial charge in [-0.2, -0.15) is 0 Å². The lowest BCUT2D eigenvalue weighted by molar-refractivity contribution is -0.144. The summed E-state index contributed by atoms with van der Waals surface area (Å²) in [5, 5.41) is 11.3. The molecular formula is C10H17N3O4. The Morgan fingerprint density at radius 2 is 2.06 bits per heavy atom. The number of carboxylic acids is 1. The van der Waals surface area contributed by atoms with Gasteiger partial charge < -0.3 is 21.1 Å². The molecule has 0 aromatic rings. The monoisotopic (exact) mass is 243 g/mol. The molecule has 0 saturated carbocycles. The van der Waals surface area contributed by atoms with Crippen molar-refractivity contribution in [3.8, 4) is 0 Å². The molecule has 0 aliphatic carbocycles. The van der Waals surface area contributed by atoms with Crippen molar-refractivity contribution in [2.24, 2.45) is 17.6 Å². The summed E-state index contributed by atoms with van der Waals surface area (Å²) < 4.78 is 0. The van der Waals surface area contributed by atoms with Crippen LogP contribution < -0.4 is 11.1 Å². The maximum atomic E-state index is 11.5. The van der Waals surface area contributed by atoms with Gasteiger partial charge in [0.25, 0.3) is 0 Å². The molecule has 0 aromatic carbocycles. The number of carbonyl (C=O) groups excluding carboxylic acids is 2. The van der Waals surface area contributed by atoms with Gasteiger partial charge in [0, 0.05) is 32.0 Å². The van der Waals surface area contributed by atoms with E-state index in [-0.39, 0.29) is 24.9 Å². The summed E-state index contributed by atoms with van der Waals surface area (Å²) in [6, 6.07) is -0.278. The molecule has 7 nitrogen and oxygen atoms in total. The minimum atomic E-state index is -0.844. The van der Waals surface area contributed by atoms with Crippen LogP contribution in [0.5, 0.6) is 0 Å². The van der Waals surface area contributed by atoms with Crippen LogP contribution in [0.1, 0.15) is 13.3 Å². The van der Waals surface area contributed by atoms with Gasteiger partial charge in [-0.15, -0.1) is 0 Å². The van der Waals surface area contributed by atoms with E-state index in [1.165, 1.54) is 4.90 Å². The Kier molecular flexibility index (Phi) is 4.30. The number of primary amides is 1. The van der Waals surface area contributed by atoms with E-state index >= 15 is 0 Å². The Bertz CT molecular complexity index is 326. The lowest BCUT2D eigenvalue weighted by Gasteiger charge is -2.41. The molecule has 0 radical (unpaired) electrons. The first kappa shape index (κ1) is 13.3. The molecule has 1 saturated heterocycles. The number of nitrogens with two attached hydrogens (primary N) is 1. The third kappa shape index (κ3) is 3.61. The summed E-state index contributed by atoms with van der Waals surface area (Å²) in [5.74, 6) is -1.74. The number of hydrogen-bond acceptors (Lipinski definition) is 3. The number of nitrogens with zero attached hydrogens (tertiary/aromatic N) is 1. The SMILES string of the molecule is CC(C(=O)O)C1CN(C(=O)NCCC(N)=O)C1. The van der Waals surface area contributed by atoms with E-state index < -0.39 is 17.8 Å². The van der Waals surface area contributed by atoms with Crippen LogP contribution >= 0.6 is 0 Å². The predicted molar refractivity (Wildman–Crippen MR) is 59.1 cm³/mol. The van der Waals surface area contributed by atoms with Gasteiger partial charge in [0.05, 0.1) is 5.92 Å². The molecule has 1 atom stereocenters. The van der Waals surface area contributed by atoms with Crippen LogP contribution in [0.2, 0.25) is 0 Å². The summed E-state index contributed by atoms with van der Waals surface area (Å²) in [7, 11) is 0. The number of urea groups is 1. The average Bonchev–Trinajstić information content (AvgIpc) is 2.14. The highest BCUT2D eigenvalue weighted by atomic mass is 16.4. The van der Waals surface area contributed by atoms with Crippen molar-refractivity contribution >= 4 is 17.9 Å². The zero-order chi connectivity index (χ0) is 13.0. The van der Waals surface area contributed by atoms with E-state index in [0.29, 0.717) is 13.1 Å². The second-order valence-corrected chi connectivity index (χ2v) is 4.24. The van der Waals surface area contributed by atoms with Gasteiger partial charge in [-0.1, -0.05) is 6.92 Å². The molecule has 7 heteroatoms. The molecule has 0 spiro atoms. The number of likely N-dealkylation sites (tertiary alicyclic amines) is 1. The quantitative estimate of drug-likeness (QED) is 0.588. The number of amides is 3. The summed E-state index contributed by atoms with van der Waals surface area (Å²) in [5.41, 5.74) is 4.93.